The van der Waals surface area contributed by atoms with E-state index in [1.807, 2.05) is 24.3 Å². The fourth-order valence-electron chi connectivity index (χ4n) is 4.49. The number of benzene rings is 3. The van der Waals surface area contributed by atoms with Crippen molar-refractivity contribution in [2.24, 2.45) is 5.92 Å². The molecule has 150 valence electrons. The summed E-state index contributed by atoms with van der Waals surface area (Å²) in [7, 11) is 0. The summed E-state index contributed by atoms with van der Waals surface area (Å²) in [6.45, 7) is 3.14. The molecule has 1 aliphatic rings. The first-order chi connectivity index (χ1) is 14.1. The van der Waals surface area contributed by atoms with Gasteiger partial charge in [0.15, 0.2) is 0 Å². The fourth-order valence-corrected chi connectivity index (χ4v) is 4.49. The van der Waals surface area contributed by atoms with E-state index < -0.39 is 0 Å². The summed E-state index contributed by atoms with van der Waals surface area (Å²) in [5.41, 5.74) is 2.26. The molecule has 3 nitrogen and oxygen atoms in total. The largest absolute Gasteiger partial charge is 0.462 e. The molecule has 3 atom stereocenters. The zero-order chi connectivity index (χ0) is 20.2. The van der Waals surface area contributed by atoms with E-state index in [1.165, 1.54) is 29.8 Å². The molecule has 0 bridgehead atoms. The van der Waals surface area contributed by atoms with Gasteiger partial charge in [-0.2, -0.15) is 0 Å². The van der Waals surface area contributed by atoms with Gasteiger partial charge in [0.25, 0.3) is 0 Å². The highest BCUT2D eigenvalue weighted by molar-refractivity contribution is 5.83. The van der Waals surface area contributed by atoms with Gasteiger partial charge in [0.1, 0.15) is 11.9 Å². The van der Waals surface area contributed by atoms with Crippen molar-refractivity contribution >= 4 is 16.7 Å². The molecule has 0 amide bonds. The van der Waals surface area contributed by atoms with Crippen LogP contribution in [0, 0.1) is 11.7 Å². The van der Waals surface area contributed by atoms with Gasteiger partial charge in [-0.3, -0.25) is 4.79 Å². The summed E-state index contributed by atoms with van der Waals surface area (Å²) in [5.74, 6) is -0.141. The van der Waals surface area contributed by atoms with Crippen LogP contribution in [0.25, 0.3) is 10.8 Å². The molecule has 0 radical (unpaired) electrons. The van der Waals surface area contributed by atoms with E-state index >= 15 is 0 Å². The highest BCUT2D eigenvalue weighted by atomic mass is 19.1. The second kappa shape index (κ2) is 8.75. The highest BCUT2D eigenvalue weighted by Gasteiger charge is 2.34. The van der Waals surface area contributed by atoms with Gasteiger partial charge in [0, 0.05) is 25.8 Å². The van der Waals surface area contributed by atoms with Crippen molar-refractivity contribution in [1.82, 2.24) is 5.32 Å². The smallest absolute Gasteiger partial charge is 0.302 e. The summed E-state index contributed by atoms with van der Waals surface area (Å²) < 4.78 is 19.2. The zero-order valence-electron chi connectivity index (χ0n) is 16.6. The third-order valence-corrected chi connectivity index (χ3v) is 5.87. The Balaban J connectivity index is 1.62. The summed E-state index contributed by atoms with van der Waals surface area (Å²) in [6, 6.07) is 21.4. The molecule has 3 aromatic rings. The molecule has 1 N–H and O–H groups in total. The lowest BCUT2D eigenvalue weighted by atomic mass is 9.76. The van der Waals surface area contributed by atoms with Crippen LogP contribution < -0.4 is 5.32 Å². The van der Waals surface area contributed by atoms with E-state index in [0.717, 1.165) is 30.6 Å². The molecule has 4 rings (SSSR count). The SMILES string of the molecule is CC(=O)OC(Cc1ccc2ccccc2c1)C1CNCCC1c1ccc(F)cc1. The number of esters is 1. The molecule has 0 aliphatic carbocycles. The van der Waals surface area contributed by atoms with Gasteiger partial charge in [-0.1, -0.05) is 54.6 Å². The van der Waals surface area contributed by atoms with Gasteiger partial charge in [-0.05, 0) is 52.9 Å². The minimum absolute atomic E-state index is 0.129. The molecule has 29 heavy (non-hydrogen) atoms. The fraction of sp³-hybridized carbons (Fsp3) is 0.320. The van der Waals surface area contributed by atoms with Crippen LogP contribution in [0.4, 0.5) is 4.39 Å². The van der Waals surface area contributed by atoms with Crippen LogP contribution in [-0.4, -0.2) is 25.2 Å². The second-order valence-electron chi connectivity index (χ2n) is 7.85. The number of halogens is 1. The van der Waals surface area contributed by atoms with E-state index in [9.17, 15) is 9.18 Å². The van der Waals surface area contributed by atoms with Gasteiger partial charge < -0.3 is 10.1 Å². The molecule has 3 unspecified atom stereocenters. The molecule has 4 heteroatoms. The Morgan fingerprint density at radius 1 is 1.10 bits per heavy atom. The summed E-state index contributed by atoms with van der Waals surface area (Å²) in [6.07, 6.45) is 1.36. The Morgan fingerprint density at radius 2 is 1.86 bits per heavy atom. The minimum Gasteiger partial charge on any atom is -0.462 e. The van der Waals surface area contributed by atoms with Crippen molar-refractivity contribution in [3.63, 3.8) is 0 Å². The first kappa shape index (κ1) is 19.6. The van der Waals surface area contributed by atoms with Crippen molar-refractivity contribution in [3.05, 3.63) is 83.7 Å². The van der Waals surface area contributed by atoms with E-state index in [0.29, 0.717) is 6.42 Å². The first-order valence-electron chi connectivity index (χ1n) is 10.2. The van der Waals surface area contributed by atoms with Crippen molar-refractivity contribution in [1.29, 1.82) is 0 Å². The lowest BCUT2D eigenvalue weighted by Crippen LogP contribution is -2.44. The predicted molar refractivity (Wildman–Crippen MR) is 113 cm³/mol. The lowest BCUT2D eigenvalue weighted by molar-refractivity contribution is -0.149. The number of carbonyl (C=O) groups is 1. The lowest BCUT2D eigenvalue weighted by Gasteiger charge is -2.37. The van der Waals surface area contributed by atoms with Crippen LogP contribution in [0.3, 0.4) is 0 Å². The number of nitrogens with one attached hydrogen (secondary N) is 1. The first-order valence-corrected chi connectivity index (χ1v) is 10.2. The molecule has 3 aromatic carbocycles. The maximum absolute atomic E-state index is 13.4. The van der Waals surface area contributed by atoms with Gasteiger partial charge in [0.05, 0.1) is 0 Å². The van der Waals surface area contributed by atoms with Crippen molar-refractivity contribution in [2.45, 2.75) is 31.8 Å². The number of hydrogen-bond donors (Lipinski definition) is 1. The quantitative estimate of drug-likeness (QED) is 0.632. The monoisotopic (exact) mass is 391 g/mol. The summed E-state index contributed by atoms with van der Waals surface area (Å²) in [5, 5.41) is 5.83. The molecule has 0 saturated carbocycles. The average Bonchev–Trinajstić information content (AvgIpc) is 2.73. The Morgan fingerprint density at radius 3 is 2.62 bits per heavy atom. The Bertz CT molecular complexity index is 986. The number of piperidine rings is 1. The van der Waals surface area contributed by atoms with Crippen LogP contribution in [0.5, 0.6) is 0 Å². The van der Waals surface area contributed by atoms with Crippen LogP contribution in [0.2, 0.25) is 0 Å². The topological polar surface area (TPSA) is 38.3 Å². The molecular formula is C25H26FNO2. The summed E-state index contributed by atoms with van der Waals surface area (Å²) in [4.78, 5) is 11.9. The average molecular weight is 391 g/mol. The van der Waals surface area contributed by atoms with Crippen LogP contribution in [-0.2, 0) is 16.0 Å². The second-order valence-corrected chi connectivity index (χ2v) is 7.85. The maximum atomic E-state index is 13.4. The number of hydrogen-bond acceptors (Lipinski definition) is 3. The number of fused-ring (bicyclic) bond motifs is 1. The van der Waals surface area contributed by atoms with E-state index in [1.54, 1.807) is 0 Å². The molecular weight excluding hydrogens is 365 g/mol. The standard InChI is InChI=1S/C25H26FNO2/c1-17(28)29-25(15-18-6-7-19-4-2-3-5-21(19)14-18)24-16-27-13-12-23(24)20-8-10-22(26)11-9-20/h2-11,14,23-25,27H,12-13,15-16H2,1H3. The Kier molecular flexibility index (Phi) is 5.91. The van der Waals surface area contributed by atoms with E-state index in [4.69, 9.17) is 4.74 Å². The third kappa shape index (κ3) is 4.65. The van der Waals surface area contributed by atoms with Gasteiger partial charge in [-0.15, -0.1) is 0 Å². The van der Waals surface area contributed by atoms with Gasteiger partial charge in [0.2, 0.25) is 0 Å². The maximum Gasteiger partial charge on any atom is 0.302 e. The van der Waals surface area contributed by atoms with Gasteiger partial charge >= 0.3 is 5.97 Å². The van der Waals surface area contributed by atoms with Crippen LogP contribution >= 0.6 is 0 Å². The van der Waals surface area contributed by atoms with Crippen LogP contribution in [0.1, 0.15) is 30.4 Å². The van der Waals surface area contributed by atoms with Crippen LogP contribution in [0.15, 0.2) is 66.7 Å². The minimum atomic E-state index is -0.265. The molecule has 1 fully saturated rings. The highest BCUT2D eigenvalue weighted by Crippen LogP contribution is 2.35. The molecule has 0 spiro atoms. The van der Waals surface area contributed by atoms with Crippen molar-refractivity contribution in [2.75, 3.05) is 13.1 Å². The van der Waals surface area contributed by atoms with E-state index in [2.05, 4.69) is 35.6 Å². The Labute approximate surface area is 170 Å². The number of carbonyl (C=O) groups excluding carboxylic acids is 1. The normalized spacial score (nSPS) is 20.3. The Hall–Kier alpha value is -2.72. The molecule has 1 aliphatic heterocycles. The van der Waals surface area contributed by atoms with Crippen molar-refractivity contribution in [3.8, 4) is 0 Å². The van der Waals surface area contributed by atoms with E-state index in [-0.39, 0.29) is 29.7 Å². The number of rotatable bonds is 5. The predicted octanol–water partition coefficient (Wildman–Crippen LogP) is 4.85. The molecule has 0 aromatic heterocycles. The van der Waals surface area contributed by atoms with Crippen molar-refractivity contribution < 1.29 is 13.9 Å². The summed E-state index contributed by atoms with van der Waals surface area (Å²) >= 11 is 0. The molecule has 1 saturated heterocycles. The number of ether oxygens (including phenoxy) is 1. The third-order valence-electron chi connectivity index (χ3n) is 5.87. The van der Waals surface area contributed by atoms with Gasteiger partial charge in [-0.25, -0.2) is 4.39 Å². The zero-order valence-corrected chi connectivity index (χ0v) is 16.6. The molecule has 1 heterocycles.